The van der Waals surface area contributed by atoms with E-state index in [9.17, 15) is 4.79 Å². The Bertz CT molecular complexity index is 1110. The van der Waals surface area contributed by atoms with Crippen LogP contribution in [0.1, 0.15) is 97.7 Å². The monoisotopic (exact) mass is 455 g/mol. The van der Waals surface area contributed by atoms with Gasteiger partial charge < -0.3 is 4.74 Å². The number of esters is 1. The number of ether oxygens (including phenoxy) is 1. The molecule has 0 spiro atoms. The molecule has 10 rings (SSSR count). The SMILES string of the molecule is COC(=O)c1cc(C2C3CC4CC(C3)CC2C4)nc2cccc(C3C4CC5CC(C4)CC3C5)c12. The second-order valence-corrected chi connectivity index (χ2v) is 13.2. The van der Waals surface area contributed by atoms with Crippen LogP contribution in [0.5, 0.6) is 0 Å². The molecular weight excluding hydrogens is 418 g/mol. The van der Waals surface area contributed by atoms with E-state index in [1.807, 2.05) is 0 Å². The van der Waals surface area contributed by atoms with Gasteiger partial charge in [0.05, 0.1) is 18.2 Å². The Morgan fingerprint density at radius 2 is 1.29 bits per heavy atom. The number of aromatic nitrogens is 1. The first-order chi connectivity index (χ1) is 16.6. The predicted octanol–water partition coefficient (Wildman–Crippen LogP) is 7.10. The molecule has 8 aliphatic rings. The van der Waals surface area contributed by atoms with Gasteiger partial charge in [-0.3, -0.25) is 4.98 Å². The van der Waals surface area contributed by atoms with Gasteiger partial charge in [0, 0.05) is 17.0 Å². The van der Waals surface area contributed by atoms with Crippen LogP contribution in [0.4, 0.5) is 0 Å². The number of rotatable bonds is 3. The summed E-state index contributed by atoms with van der Waals surface area (Å²) in [4.78, 5) is 18.6. The van der Waals surface area contributed by atoms with Crippen LogP contribution in [0.25, 0.3) is 10.9 Å². The van der Waals surface area contributed by atoms with E-state index in [4.69, 9.17) is 9.72 Å². The van der Waals surface area contributed by atoms with Crippen LogP contribution in [-0.2, 0) is 4.74 Å². The van der Waals surface area contributed by atoms with Gasteiger partial charge in [-0.25, -0.2) is 4.79 Å². The Labute approximate surface area is 203 Å². The molecule has 2 aromatic rings. The molecule has 0 N–H and O–H groups in total. The third-order valence-corrected chi connectivity index (χ3v) is 11.4. The number of pyridine rings is 1. The van der Waals surface area contributed by atoms with E-state index in [-0.39, 0.29) is 5.97 Å². The number of methoxy groups -OCH3 is 1. The van der Waals surface area contributed by atoms with Gasteiger partial charge in [-0.1, -0.05) is 12.1 Å². The maximum atomic E-state index is 13.3. The molecule has 3 nitrogen and oxygen atoms in total. The zero-order valence-electron chi connectivity index (χ0n) is 20.4. The van der Waals surface area contributed by atoms with E-state index in [2.05, 4.69) is 24.3 Å². The van der Waals surface area contributed by atoms with Crippen molar-refractivity contribution in [2.75, 3.05) is 7.11 Å². The smallest absolute Gasteiger partial charge is 0.338 e. The quantitative estimate of drug-likeness (QED) is 0.463. The maximum absolute atomic E-state index is 13.3. The average Bonchev–Trinajstić information content (AvgIpc) is 2.82. The van der Waals surface area contributed by atoms with Crippen molar-refractivity contribution in [1.29, 1.82) is 0 Å². The summed E-state index contributed by atoms with van der Waals surface area (Å²) >= 11 is 0. The van der Waals surface area contributed by atoms with Gasteiger partial charge in [-0.05, 0) is 135 Å². The third-order valence-electron chi connectivity index (χ3n) is 11.4. The lowest BCUT2D eigenvalue weighted by Crippen LogP contribution is -2.44. The summed E-state index contributed by atoms with van der Waals surface area (Å²) in [5, 5.41) is 1.11. The molecule has 0 amide bonds. The lowest BCUT2D eigenvalue weighted by molar-refractivity contribution is -0.00413. The number of benzene rings is 1. The zero-order valence-corrected chi connectivity index (χ0v) is 20.4. The number of carbonyl (C=O) groups is 1. The third kappa shape index (κ3) is 2.88. The van der Waals surface area contributed by atoms with E-state index >= 15 is 0 Å². The summed E-state index contributed by atoms with van der Waals surface area (Å²) < 4.78 is 5.40. The van der Waals surface area contributed by atoms with Crippen molar-refractivity contribution in [2.45, 2.75) is 76.0 Å². The summed E-state index contributed by atoms with van der Waals surface area (Å²) in [5.41, 5.74) is 4.42. The van der Waals surface area contributed by atoms with Gasteiger partial charge in [0.2, 0.25) is 0 Å². The number of carbonyl (C=O) groups excluding carboxylic acids is 1. The highest BCUT2D eigenvalue weighted by molar-refractivity contribution is 6.05. The van der Waals surface area contributed by atoms with Crippen LogP contribution in [0.2, 0.25) is 0 Å². The Hall–Kier alpha value is -1.90. The van der Waals surface area contributed by atoms with E-state index in [1.165, 1.54) is 75.5 Å². The van der Waals surface area contributed by atoms with Crippen LogP contribution >= 0.6 is 0 Å². The average molecular weight is 456 g/mol. The van der Waals surface area contributed by atoms with Gasteiger partial charge in [0.15, 0.2) is 0 Å². The largest absolute Gasteiger partial charge is 0.465 e. The predicted molar refractivity (Wildman–Crippen MR) is 133 cm³/mol. The van der Waals surface area contributed by atoms with Crippen molar-refractivity contribution >= 4 is 16.9 Å². The van der Waals surface area contributed by atoms with Crippen molar-refractivity contribution in [1.82, 2.24) is 4.98 Å². The zero-order chi connectivity index (χ0) is 22.6. The first-order valence-corrected chi connectivity index (χ1v) is 14.2. The van der Waals surface area contributed by atoms with Crippen molar-refractivity contribution < 1.29 is 9.53 Å². The fraction of sp³-hybridized carbons (Fsp3) is 0.677. The number of nitrogens with zero attached hydrogens (tertiary/aromatic N) is 1. The minimum atomic E-state index is -0.172. The molecule has 1 heterocycles. The second-order valence-electron chi connectivity index (χ2n) is 13.2. The van der Waals surface area contributed by atoms with Crippen LogP contribution in [0.15, 0.2) is 24.3 Å². The first-order valence-electron chi connectivity index (χ1n) is 14.2. The number of fused-ring (bicyclic) bond motifs is 1. The van der Waals surface area contributed by atoms with E-state index in [0.29, 0.717) is 11.8 Å². The van der Waals surface area contributed by atoms with E-state index in [1.54, 1.807) is 7.11 Å². The Kier molecular flexibility index (Phi) is 4.36. The molecule has 1 aromatic carbocycles. The van der Waals surface area contributed by atoms with Crippen molar-refractivity contribution in [3.8, 4) is 0 Å². The Balaban J connectivity index is 1.26. The summed E-state index contributed by atoms with van der Waals surface area (Å²) in [5.74, 6) is 7.86. The highest BCUT2D eigenvalue weighted by Crippen LogP contribution is 2.62. The molecule has 0 atom stereocenters. The van der Waals surface area contributed by atoms with Crippen molar-refractivity contribution in [3.05, 3.63) is 41.1 Å². The fourth-order valence-corrected chi connectivity index (χ4v) is 10.9. The van der Waals surface area contributed by atoms with Crippen molar-refractivity contribution in [2.24, 2.45) is 47.3 Å². The minimum absolute atomic E-state index is 0.172. The van der Waals surface area contributed by atoms with Crippen molar-refractivity contribution in [3.63, 3.8) is 0 Å². The molecular formula is C31H37NO2. The molecule has 0 unspecified atom stereocenters. The molecule has 0 aliphatic heterocycles. The van der Waals surface area contributed by atoms with Crippen LogP contribution < -0.4 is 0 Å². The van der Waals surface area contributed by atoms with Gasteiger partial charge in [0.1, 0.15) is 0 Å². The summed E-state index contributed by atoms with van der Waals surface area (Å²) in [6.07, 6.45) is 14.0. The van der Waals surface area contributed by atoms with Crippen LogP contribution in [0, 0.1) is 47.3 Å². The number of hydrogen-bond donors (Lipinski definition) is 0. The summed E-state index contributed by atoms with van der Waals surface area (Å²) in [6.45, 7) is 0. The van der Waals surface area contributed by atoms with Crippen LogP contribution in [-0.4, -0.2) is 18.1 Å². The lowest BCUT2D eigenvalue weighted by Gasteiger charge is -2.55. The van der Waals surface area contributed by atoms with Gasteiger partial charge in [-0.15, -0.1) is 0 Å². The molecule has 178 valence electrons. The highest BCUT2D eigenvalue weighted by atomic mass is 16.5. The standard InChI is InChI=1S/C31H37NO2/c1-34-31(33)25-15-27(29-22-11-18-6-19(13-22)14-23(29)12-18)32-26-4-2-3-24(30(25)26)28-20-7-16-5-17(9-20)10-21(28)8-16/h2-4,15-23,28-29H,5-14H2,1H3. The molecule has 34 heavy (non-hydrogen) atoms. The number of hydrogen-bond acceptors (Lipinski definition) is 3. The molecule has 3 heteroatoms. The fourth-order valence-electron chi connectivity index (χ4n) is 10.9. The highest BCUT2D eigenvalue weighted by Gasteiger charge is 2.51. The maximum Gasteiger partial charge on any atom is 0.338 e. The molecule has 8 saturated carbocycles. The Morgan fingerprint density at radius 1 is 0.765 bits per heavy atom. The lowest BCUT2D eigenvalue weighted by atomic mass is 9.50. The van der Waals surface area contributed by atoms with Crippen LogP contribution in [0.3, 0.4) is 0 Å². The van der Waals surface area contributed by atoms with Gasteiger partial charge in [0.25, 0.3) is 0 Å². The molecule has 0 radical (unpaired) electrons. The van der Waals surface area contributed by atoms with E-state index in [0.717, 1.165) is 63.8 Å². The molecule has 8 aliphatic carbocycles. The second kappa shape index (κ2) is 7.31. The van der Waals surface area contributed by atoms with Gasteiger partial charge in [-0.2, -0.15) is 0 Å². The minimum Gasteiger partial charge on any atom is -0.465 e. The molecule has 1 aromatic heterocycles. The van der Waals surface area contributed by atoms with Gasteiger partial charge >= 0.3 is 5.97 Å². The van der Waals surface area contributed by atoms with E-state index < -0.39 is 0 Å². The molecule has 0 saturated heterocycles. The summed E-state index contributed by atoms with van der Waals surface area (Å²) in [6, 6.07) is 8.89. The topological polar surface area (TPSA) is 39.2 Å². The molecule has 8 fully saturated rings. The molecule has 8 bridgehead atoms. The first kappa shape index (κ1) is 20.3. The Morgan fingerprint density at radius 3 is 1.82 bits per heavy atom. The summed E-state index contributed by atoms with van der Waals surface area (Å²) in [7, 11) is 1.54. The normalized spacial score (nSPS) is 43.6.